The number of aryl methyl sites for hydroxylation is 1. The molecular weight excluding hydrogens is 594 g/mol. The molecule has 0 aliphatic rings. The van der Waals surface area contributed by atoms with E-state index in [-0.39, 0.29) is 35.4 Å². The van der Waals surface area contributed by atoms with Gasteiger partial charge in [0.25, 0.3) is 10.0 Å². The molecule has 0 saturated heterocycles. The van der Waals surface area contributed by atoms with Crippen LogP contribution in [-0.2, 0) is 32.6 Å². The number of hydrogen-bond acceptors (Lipinski definition) is 4. The Hall–Kier alpha value is -4.14. The zero-order valence-corrected chi connectivity index (χ0v) is 26.8. The Kier molecular flexibility index (Phi) is 11.2. The molecule has 230 valence electrons. The Morgan fingerprint density at radius 2 is 1.43 bits per heavy atom. The summed E-state index contributed by atoms with van der Waals surface area (Å²) < 4.78 is 29.2. The van der Waals surface area contributed by atoms with Crippen LogP contribution in [0.15, 0.2) is 114 Å². The van der Waals surface area contributed by atoms with Crippen molar-refractivity contribution in [2.45, 2.75) is 44.7 Å². The Morgan fingerprint density at radius 3 is 2.02 bits per heavy atom. The SMILES string of the molecule is Cc1ccc(S(=O)(=O)N(CC(=O)N(Cc2ccccc2)[C@H](Cc2ccccc2)C(=O)NCC(C)C)c2cccc(Cl)c2)cc1. The van der Waals surface area contributed by atoms with Gasteiger partial charge in [-0.3, -0.25) is 13.9 Å². The van der Waals surface area contributed by atoms with Crippen molar-refractivity contribution in [3.8, 4) is 0 Å². The summed E-state index contributed by atoms with van der Waals surface area (Å²) in [5.41, 5.74) is 2.84. The Labute approximate surface area is 265 Å². The number of rotatable bonds is 13. The molecule has 4 rings (SSSR count). The van der Waals surface area contributed by atoms with Crippen LogP contribution in [0.3, 0.4) is 0 Å². The summed E-state index contributed by atoms with van der Waals surface area (Å²) in [6.45, 7) is 5.88. The maximum atomic E-state index is 14.4. The number of carbonyl (C=O) groups excluding carboxylic acids is 2. The minimum absolute atomic E-state index is 0.0426. The molecule has 44 heavy (non-hydrogen) atoms. The molecule has 0 heterocycles. The molecule has 0 unspecified atom stereocenters. The highest BCUT2D eigenvalue weighted by atomic mass is 35.5. The largest absolute Gasteiger partial charge is 0.354 e. The first-order valence-electron chi connectivity index (χ1n) is 14.5. The lowest BCUT2D eigenvalue weighted by Crippen LogP contribution is -2.53. The topological polar surface area (TPSA) is 86.8 Å². The van der Waals surface area contributed by atoms with E-state index < -0.39 is 28.5 Å². The average Bonchev–Trinajstić information content (AvgIpc) is 3.01. The molecule has 0 radical (unpaired) electrons. The van der Waals surface area contributed by atoms with Gasteiger partial charge >= 0.3 is 0 Å². The lowest BCUT2D eigenvalue weighted by Gasteiger charge is -2.34. The van der Waals surface area contributed by atoms with Crippen LogP contribution in [0.4, 0.5) is 5.69 Å². The van der Waals surface area contributed by atoms with E-state index in [1.54, 1.807) is 30.3 Å². The van der Waals surface area contributed by atoms with Gasteiger partial charge in [0.1, 0.15) is 12.6 Å². The standard InChI is InChI=1S/C35H38ClN3O4S/c1-26(2)23-37-35(41)33(21-28-11-6-4-7-12-28)38(24-29-13-8-5-9-14-29)34(40)25-39(31-16-10-15-30(36)22-31)44(42,43)32-19-17-27(3)18-20-32/h4-20,22,26,33H,21,23-25H2,1-3H3,(H,37,41)/t33-/m1/s1. The minimum Gasteiger partial charge on any atom is -0.354 e. The average molecular weight is 632 g/mol. The number of halogens is 1. The van der Waals surface area contributed by atoms with Crippen molar-refractivity contribution in [2.24, 2.45) is 5.92 Å². The van der Waals surface area contributed by atoms with Crippen molar-refractivity contribution in [1.29, 1.82) is 0 Å². The van der Waals surface area contributed by atoms with Crippen LogP contribution in [0, 0.1) is 12.8 Å². The van der Waals surface area contributed by atoms with Gasteiger partial charge in [-0.2, -0.15) is 0 Å². The molecule has 4 aromatic carbocycles. The lowest BCUT2D eigenvalue weighted by atomic mass is 10.0. The van der Waals surface area contributed by atoms with Gasteiger partial charge in [-0.15, -0.1) is 0 Å². The summed E-state index contributed by atoms with van der Waals surface area (Å²) in [4.78, 5) is 29.7. The van der Waals surface area contributed by atoms with Crippen molar-refractivity contribution in [3.05, 3.63) is 131 Å². The number of sulfonamides is 1. The number of carbonyl (C=O) groups is 2. The number of amides is 2. The number of benzene rings is 4. The monoisotopic (exact) mass is 631 g/mol. The second-order valence-electron chi connectivity index (χ2n) is 11.2. The molecule has 0 bridgehead atoms. The van der Waals surface area contributed by atoms with Crippen LogP contribution in [0.1, 0.15) is 30.5 Å². The Bertz CT molecular complexity index is 1650. The molecule has 2 amide bonds. The zero-order chi connectivity index (χ0) is 31.7. The van der Waals surface area contributed by atoms with Gasteiger partial charge in [-0.25, -0.2) is 8.42 Å². The van der Waals surface area contributed by atoms with Crippen LogP contribution < -0.4 is 9.62 Å². The third-order valence-electron chi connectivity index (χ3n) is 7.14. The van der Waals surface area contributed by atoms with Gasteiger partial charge in [0.2, 0.25) is 11.8 Å². The third-order valence-corrected chi connectivity index (χ3v) is 9.16. The fourth-order valence-electron chi connectivity index (χ4n) is 4.75. The van der Waals surface area contributed by atoms with Crippen LogP contribution in [0.2, 0.25) is 5.02 Å². The van der Waals surface area contributed by atoms with Crippen molar-refractivity contribution < 1.29 is 18.0 Å². The molecule has 4 aromatic rings. The second-order valence-corrected chi connectivity index (χ2v) is 13.5. The minimum atomic E-state index is -4.19. The van der Waals surface area contributed by atoms with E-state index in [1.807, 2.05) is 81.4 Å². The predicted octanol–water partition coefficient (Wildman–Crippen LogP) is 6.26. The molecule has 0 fully saturated rings. The first-order valence-corrected chi connectivity index (χ1v) is 16.4. The van der Waals surface area contributed by atoms with Crippen LogP contribution >= 0.6 is 11.6 Å². The van der Waals surface area contributed by atoms with E-state index >= 15 is 0 Å². The fraction of sp³-hybridized carbons (Fsp3) is 0.257. The van der Waals surface area contributed by atoms with E-state index in [2.05, 4.69) is 5.32 Å². The first-order chi connectivity index (χ1) is 21.0. The molecule has 0 saturated carbocycles. The van der Waals surface area contributed by atoms with Gasteiger partial charge in [0.05, 0.1) is 10.6 Å². The molecular formula is C35H38ClN3O4S. The highest BCUT2D eigenvalue weighted by molar-refractivity contribution is 7.92. The van der Waals surface area contributed by atoms with Crippen molar-refractivity contribution in [3.63, 3.8) is 0 Å². The van der Waals surface area contributed by atoms with Crippen LogP contribution in [0.5, 0.6) is 0 Å². The summed E-state index contributed by atoms with van der Waals surface area (Å²) in [5.74, 6) is -0.625. The second kappa shape index (κ2) is 15.0. The van der Waals surface area contributed by atoms with Crippen LogP contribution in [0.25, 0.3) is 0 Å². The van der Waals surface area contributed by atoms with E-state index in [0.717, 1.165) is 21.0 Å². The summed E-state index contributed by atoms with van der Waals surface area (Å²) in [5, 5.41) is 3.32. The normalized spacial score (nSPS) is 12.0. The molecule has 1 atom stereocenters. The lowest BCUT2D eigenvalue weighted by molar-refractivity contribution is -0.140. The van der Waals surface area contributed by atoms with Gasteiger partial charge in [0, 0.05) is 24.5 Å². The van der Waals surface area contributed by atoms with Crippen LogP contribution in [-0.4, -0.2) is 44.3 Å². The Morgan fingerprint density at radius 1 is 0.818 bits per heavy atom. The summed E-state index contributed by atoms with van der Waals surface area (Å²) >= 11 is 6.28. The van der Waals surface area contributed by atoms with E-state index in [0.29, 0.717) is 11.6 Å². The van der Waals surface area contributed by atoms with Gasteiger partial charge < -0.3 is 10.2 Å². The third kappa shape index (κ3) is 8.71. The molecule has 0 spiro atoms. The molecule has 0 aromatic heterocycles. The summed E-state index contributed by atoms with van der Waals surface area (Å²) in [6, 6.07) is 30.8. The summed E-state index contributed by atoms with van der Waals surface area (Å²) in [6.07, 6.45) is 0.255. The maximum absolute atomic E-state index is 14.4. The van der Waals surface area contributed by atoms with Crippen molar-refractivity contribution in [1.82, 2.24) is 10.2 Å². The predicted molar refractivity (Wildman–Crippen MR) is 176 cm³/mol. The van der Waals surface area contributed by atoms with Gasteiger partial charge in [-0.1, -0.05) is 110 Å². The zero-order valence-electron chi connectivity index (χ0n) is 25.2. The van der Waals surface area contributed by atoms with E-state index in [4.69, 9.17) is 11.6 Å². The molecule has 9 heteroatoms. The maximum Gasteiger partial charge on any atom is 0.264 e. The first kappa shape index (κ1) is 32.8. The van der Waals surface area contributed by atoms with Gasteiger partial charge in [0.15, 0.2) is 0 Å². The number of nitrogens with zero attached hydrogens (tertiary/aromatic N) is 2. The van der Waals surface area contributed by atoms with Crippen molar-refractivity contribution in [2.75, 3.05) is 17.4 Å². The van der Waals surface area contributed by atoms with Crippen molar-refractivity contribution >= 4 is 39.1 Å². The molecule has 0 aliphatic carbocycles. The highest BCUT2D eigenvalue weighted by Gasteiger charge is 2.34. The Balaban J connectivity index is 1.78. The smallest absolute Gasteiger partial charge is 0.264 e. The molecule has 7 nitrogen and oxygen atoms in total. The summed E-state index contributed by atoms with van der Waals surface area (Å²) in [7, 11) is -4.19. The fourth-order valence-corrected chi connectivity index (χ4v) is 6.34. The molecule has 1 N–H and O–H groups in total. The number of anilines is 1. The van der Waals surface area contributed by atoms with E-state index in [9.17, 15) is 18.0 Å². The quantitative estimate of drug-likeness (QED) is 0.189. The number of hydrogen-bond donors (Lipinski definition) is 1. The highest BCUT2D eigenvalue weighted by Crippen LogP contribution is 2.27. The molecule has 0 aliphatic heterocycles. The van der Waals surface area contributed by atoms with Gasteiger partial charge in [-0.05, 0) is 54.3 Å². The van der Waals surface area contributed by atoms with E-state index in [1.165, 1.54) is 23.1 Å². The number of nitrogens with one attached hydrogen (secondary N) is 1.